The number of furan rings is 1. The van der Waals surface area contributed by atoms with Crippen LogP contribution in [-0.2, 0) is 11.2 Å². The highest BCUT2D eigenvalue weighted by Crippen LogP contribution is 2.36. The van der Waals surface area contributed by atoms with Crippen LogP contribution >= 0.6 is 0 Å². The molecule has 2 aromatic rings. The summed E-state index contributed by atoms with van der Waals surface area (Å²) in [6.45, 7) is 7.30. The number of aryl methyl sites for hydroxylation is 1. The second kappa shape index (κ2) is 7.25. The molecule has 2 aliphatic rings. The van der Waals surface area contributed by atoms with Crippen molar-refractivity contribution in [2.75, 3.05) is 24.7 Å². The van der Waals surface area contributed by atoms with Gasteiger partial charge in [-0.05, 0) is 68.7 Å². The molecule has 0 amide bonds. The van der Waals surface area contributed by atoms with Crippen LogP contribution in [0.15, 0.2) is 28.7 Å². The number of benzene rings is 1. The highest BCUT2D eigenvalue weighted by atomic mass is 16.5. The van der Waals surface area contributed by atoms with Gasteiger partial charge in [0.05, 0.1) is 0 Å². The van der Waals surface area contributed by atoms with Crippen molar-refractivity contribution in [3.05, 3.63) is 35.6 Å². The third-order valence-corrected chi connectivity index (χ3v) is 5.74. The standard InChI is InChI=1S/C22H29NO2/c1-3-16-13-18-14-21(17-7-5-6-8-17)25-22(18)15-20(16)23(4-2)19-9-11-24-12-10-19/h7,13-15,19H,3-6,8-12H2,1-2H3. The zero-order valence-corrected chi connectivity index (χ0v) is 15.5. The Morgan fingerprint density at radius 1 is 1.12 bits per heavy atom. The van der Waals surface area contributed by atoms with Crippen molar-refractivity contribution in [1.82, 2.24) is 0 Å². The van der Waals surface area contributed by atoms with E-state index in [9.17, 15) is 0 Å². The molecule has 3 heteroatoms. The minimum absolute atomic E-state index is 0.577. The summed E-state index contributed by atoms with van der Waals surface area (Å²) in [4.78, 5) is 2.57. The topological polar surface area (TPSA) is 25.6 Å². The van der Waals surface area contributed by atoms with E-state index in [0.29, 0.717) is 6.04 Å². The minimum Gasteiger partial charge on any atom is -0.456 e. The van der Waals surface area contributed by atoms with E-state index in [4.69, 9.17) is 9.15 Å². The number of allylic oxidation sites excluding steroid dienone is 2. The van der Waals surface area contributed by atoms with Gasteiger partial charge in [-0.3, -0.25) is 0 Å². The van der Waals surface area contributed by atoms with Gasteiger partial charge in [-0.1, -0.05) is 13.0 Å². The van der Waals surface area contributed by atoms with Gasteiger partial charge in [0.15, 0.2) is 0 Å². The molecule has 0 unspecified atom stereocenters. The molecule has 4 rings (SSSR count). The van der Waals surface area contributed by atoms with Crippen LogP contribution in [0.5, 0.6) is 0 Å². The molecular weight excluding hydrogens is 310 g/mol. The molecule has 1 fully saturated rings. The summed E-state index contributed by atoms with van der Waals surface area (Å²) in [6.07, 6.45) is 9.21. The molecule has 0 radical (unpaired) electrons. The Hall–Kier alpha value is -1.74. The molecule has 0 bridgehead atoms. The second-order valence-electron chi connectivity index (χ2n) is 7.23. The Kier molecular flexibility index (Phi) is 4.85. The monoisotopic (exact) mass is 339 g/mol. The van der Waals surface area contributed by atoms with Crippen molar-refractivity contribution in [3.8, 4) is 0 Å². The Morgan fingerprint density at radius 3 is 2.64 bits per heavy atom. The van der Waals surface area contributed by atoms with Gasteiger partial charge in [0.1, 0.15) is 11.3 Å². The summed E-state index contributed by atoms with van der Waals surface area (Å²) in [5, 5.41) is 1.24. The summed E-state index contributed by atoms with van der Waals surface area (Å²) >= 11 is 0. The molecule has 1 aromatic carbocycles. The average molecular weight is 339 g/mol. The van der Waals surface area contributed by atoms with E-state index >= 15 is 0 Å². The van der Waals surface area contributed by atoms with E-state index in [1.807, 2.05) is 0 Å². The lowest BCUT2D eigenvalue weighted by Crippen LogP contribution is -2.39. The van der Waals surface area contributed by atoms with Crippen molar-refractivity contribution in [1.29, 1.82) is 0 Å². The number of hydrogen-bond acceptors (Lipinski definition) is 3. The van der Waals surface area contributed by atoms with Gasteiger partial charge in [0.2, 0.25) is 0 Å². The Labute approximate surface area is 150 Å². The van der Waals surface area contributed by atoms with Crippen LogP contribution in [0.4, 0.5) is 5.69 Å². The Bertz CT molecular complexity index is 768. The smallest absolute Gasteiger partial charge is 0.136 e. The van der Waals surface area contributed by atoms with E-state index in [2.05, 4.69) is 43.0 Å². The quantitative estimate of drug-likeness (QED) is 0.712. The van der Waals surface area contributed by atoms with E-state index in [-0.39, 0.29) is 0 Å². The van der Waals surface area contributed by atoms with Crippen molar-refractivity contribution in [2.24, 2.45) is 0 Å². The van der Waals surface area contributed by atoms with Gasteiger partial charge in [0.25, 0.3) is 0 Å². The van der Waals surface area contributed by atoms with Gasteiger partial charge in [0, 0.05) is 42.9 Å². The lowest BCUT2D eigenvalue weighted by molar-refractivity contribution is 0.0846. The first-order valence-electron chi connectivity index (χ1n) is 9.90. The number of hydrogen-bond donors (Lipinski definition) is 0. The fraction of sp³-hybridized carbons (Fsp3) is 0.545. The van der Waals surface area contributed by atoms with Crippen LogP contribution in [0, 0.1) is 0 Å². The minimum atomic E-state index is 0.577. The zero-order valence-electron chi connectivity index (χ0n) is 15.5. The normalized spacial score (nSPS) is 18.7. The van der Waals surface area contributed by atoms with Crippen LogP contribution < -0.4 is 4.90 Å². The molecule has 0 saturated carbocycles. The molecule has 1 aromatic heterocycles. The van der Waals surface area contributed by atoms with Crippen LogP contribution in [0.3, 0.4) is 0 Å². The fourth-order valence-corrected chi connectivity index (χ4v) is 4.35. The van der Waals surface area contributed by atoms with Crippen molar-refractivity contribution >= 4 is 22.2 Å². The molecule has 2 heterocycles. The second-order valence-corrected chi connectivity index (χ2v) is 7.23. The summed E-state index contributed by atoms with van der Waals surface area (Å²) in [6, 6.07) is 7.44. The van der Waals surface area contributed by atoms with Gasteiger partial charge < -0.3 is 14.1 Å². The molecular formula is C22H29NO2. The molecule has 0 N–H and O–H groups in total. The van der Waals surface area contributed by atoms with E-state index in [0.717, 1.165) is 56.8 Å². The molecule has 1 aliphatic carbocycles. The number of anilines is 1. The van der Waals surface area contributed by atoms with E-state index < -0.39 is 0 Å². The van der Waals surface area contributed by atoms with Crippen molar-refractivity contribution < 1.29 is 9.15 Å². The van der Waals surface area contributed by atoms with Crippen LogP contribution in [0.2, 0.25) is 0 Å². The number of rotatable bonds is 5. The molecule has 1 aliphatic heterocycles. The first-order valence-corrected chi connectivity index (χ1v) is 9.90. The van der Waals surface area contributed by atoms with Crippen LogP contribution in [-0.4, -0.2) is 25.8 Å². The van der Waals surface area contributed by atoms with Crippen LogP contribution in [0.25, 0.3) is 16.5 Å². The summed E-state index contributed by atoms with van der Waals surface area (Å²) in [5.41, 5.74) is 5.19. The highest BCUT2D eigenvalue weighted by molar-refractivity contribution is 5.86. The van der Waals surface area contributed by atoms with E-state index in [1.54, 1.807) is 0 Å². The van der Waals surface area contributed by atoms with Gasteiger partial charge in [-0.2, -0.15) is 0 Å². The number of fused-ring (bicyclic) bond motifs is 1. The molecule has 134 valence electrons. The molecule has 3 nitrogen and oxygen atoms in total. The third kappa shape index (κ3) is 3.22. The zero-order chi connectivity index (χ0) is 17.2. The molecule has 25 heavy (non-hydrogen) atoms. The highest BCUT2D eigenvalue weighted by Gasteiger charge is 2.23. The molecule has 0 spiro atoms. The summed E-state index contributed by atoms with van der Waals surface area (Å²) < 4.78 is 11.8. The fourth-order valence-electron chi connectivity index (χ4n) is 4.35. The average Bonchev–Trinajstić information content (AvgIpc) is 3.31. The lowest BCUT2D eigenvalue weighted by atomic mass is 10.0. The predicted molar refractivity (Wildman–Crippen MR) is 104 cm³/mol. The van der Waals surface area contributed by atoms with Crippen LogP contribution in [0.1, 0.15) is 57.3 Å². The maximum absolute atomic E-state index is 6.25. The molecule has 0 atom stereocenters. The lowest BCUT2D eigenvalue weighted by Gasteiger charge is -2.36. The number of nitrogens with zero attached hydrogens (tertiary/aromatic N) is 1. The van der Waals surface area contributed by atoms with E-state index in [1.165, 1.54) is 35.1 Å². The predicted octanol–water partition coefficient (Wildman–Crippen LogP) is 5.57. The SMILES string of the molecule is CCc1cc2cc(C3=CCCC3)oc2cc1N(CC)C1CCOCC1. The third-order valence-electron chi connectivity index (χ3n) is 5.74. The Morgan fingerprint density at radius 2 is 1.96 bits per heavy atom. The van der Waals surface area contributed by atoms with Gasteiger partial charge in [-0.25, -0.2) is 0 Å². The largest absolute Gasteiger partial charge is 0.456 e. The molecule has 1 saturated heterocycles. The maximum atomic E-state index is 6.25. The first kappa shape index (κ1) is 16.7. The van der Waals surface area contributed by atoms with Crippen molar-refractivity contribution in [2.45, 2.75) is 58.4 Å². The summed E-state index contributed by atoms with van der Waals surface area (Å²) in [5.74, 6) is 1.07. The van der Waals surface area contributed by atoms with Gasteiger partial charge >= 0.3 is 0 Å². The number of ether oxygens (including phenoxy) is 1. The first-order chi connectivity index (χ1) is 12.3. The maximum Gasteiger partial charge on any atom is 0.136 e. The summed E-state index contributed by atoms with van der Waals surface area (Å²) in [7, 11) is 0. The van der Waals surface area contributed by atoms with Gasteiger partial charge in [-0.15, -0.1) is 0 Å². The Balaban J connectivity index is 1.73. The van der Waals surface area contributed by atoms with Crippen molar-refractivity contribution in [3.63, 3.8) is 0 Å².